The SMILES string of the molecule is Cc1cc2c(-n3nnc4ccccc43)nc(Cl)nc2s1. The Bertz CT molecular complexity index is 942. The second kappa shape index (κ2) is 4.22. The Morgan fingerprint density at radius 1 is 1.20 bits per heavy atom. The molecule has 3 heterocycles. The van der Waals surface area contributed by atoms with E-state index in [-0.39, 0.29) is 5.28 Å². The molecule has 0 atom stereocenters. The molecule has 0 saturated heterocycles. The summed E-state index contributed by atoms with van der Waals surface area (Å²) >= 11 is 7.61. The van der Waals surface area contributed by atoms with Crippen LogP contribution in [-0.2, 0) is 0 Å². The summed E-state index contributed by atoms with van der Waals surface area (Å²) in [6, 6.07) is 9.79. The molecule has 0 spiro atoms. The summed E-state index contributed by atoms with van der Waals surface area (Å²) in [5.41, 5.74) is 1.72. The molecule has 7 heteroatoms. The molecule has 5 nitrogen and oxygen atoms in total. The van der Waals surface area contributed by atoms with Gasteiger partial charge in [-0.1, -0.05) is 17.3 Å². The Labute approximate surface area is 122 Å². The quantitative estimate of drug-likeness (QED) is 0.506. The lowest BCUT2D eigenvalue weighted by Crippen LogP contribution is -2.01. The Hall–Kier alpha value is -2.05. The van der Waals surface area contributed by atoms with Gasteiger partial charge in [-0.15, -0.1) is 16.4 Å². The largest absolute Gasteiger partial charge is 0.225 e. The summed E-state index contributed by atoms with van der Waals surface area (Å²) in [6.07, 6.45) is 0. The number of nitrogens with zero attached hydrogens (tertiary/aromatic N) is 5. The lowest BCUT2D eigenvalue weighted by molar-refractivity contribution is 0.805. The molecule has 0 amide bonds. The van der Waals surface area contributed by atoms with Gasteiger partial charge in [0.25, 0.3) is 0 Å². The van der Waals surface area contributed by atoms with Crippen LogP contribution >= 0.6 is 22.9 Å². The van der Waals surface area contributed by atoms with Crippen molar-refractivity contribution in [3.63, 3.8) is 0 Å². The fourth-order valence-corrected chi connectivity index (χ4v) is 3.28. The third-order valence-electron chi connectivity index (χ3n) is 3.02. The van der Waals surface area contributed by atoms with Crippen molar-refractivity contribution in [1.82, 2.24) is 25.0 Å². The van der Waals surface area contributed by atoms with E-state index in [1.54, 1.807) is 16.0 Å². The van der Waals surface area contributed by atoms with Crippen LogP contribution in [0.5, 0.6) is 0 Å². The molecule has 98 valence electrons. The van der Waals surface area contributed by atoms with Gasteiger partial charge >= 0.3 is 0 Å². The molecule has 0 saturated carbocycles. The van der Waals surface area contributed by atoms with Crippen LogP contribution in [0.25, 0.3) is 27.1 Å². The van der Waals surface area contributed by atoms with Gasteiger partial charge in [-0.05, 0) is 36.7 Å². The van der Waals surface area contributed by atoms with Gasteiger partial charge in [0.05, 0.1) is 10.9 Å². The number of halogens is 1. The number of aryl methyl sites for hydroxylation is 1. The fraction of sp³-hybridized carbons (Fsp3) is 0.0769. The highest BCUT2D eigenvalue weighted by molar-refractivity contribution is 7.18. The van der Waals surface area contributed by atoms with Gasteiger partial charge in [0.1, 0.15) is 10.3 Å². The monoisotopic (exact) mass is 301 g/mol. The summed E-state index contributed by atoms with van der Waals surface area (Å²) in [7, 11) is 0. The van der Waals surface area contributed by atoms with Gasteiger partial charge in [-0.2, -0.15) is 9.67 Å². The Morgan fingerprint density at radius 3 is 2.95 bits per heavy atom. The maximum atomic E-state index is 6.02. The van der Waals surface area contributed by atoms with Gasteiger partial charge in [0, 0.05) is 4.88 Å². The van der Waals surface area contributed by atoms with Crippen LogP contribution < -0.4 is 0 Å². The molecular weight excluding hydrogens is 294 g/mol. The molecule has 0 radical (unpaired) electrons. The second-order valence-electron chi connectivity index (χ2n) is 4.38. The predicted octanol–water partition coefficient (Wildman–Crippen LogP) is 3.39. The van der Waals surface area contributed by atoms with Crippen LogP contribution in [0.15, 0.2) is 30.3 Å². The van der Waals surface area contributed by atoms with Gasteiger partial charge in [0.2, 0.25) is 5.28 Å². The van der Waals surface area contributed by atoms with Crippen molar-refractivity contribution in [1.29, 1.82) is 0 Å². The molecule has 0 N–H and O–H groups in total. The number of rotatable bonds is 1. The number of hydrogen-bond donors (Lipinski definition) is 0. The molecule has 0 aliphatic rings. The Kier molecular flexibility index (Phi) is 2.48. The van der Waals surface area contributed by atoms with E-state index in [1.807, 2.05) is 37.3 Å². The van der Waals surface area contributed by atoms with Gasteiger partial charge < -0.3 is 0 Å². The second-order valence-corrected chi connectivity index (χ2v) is 5.95. The molecule has 1 aromatic carbocycles. The predicted molar refractivity (Wildman–Crippen MR) is 79.6 cm³/mol. The normalized spacial score (nSPS) is 11.5. The van der Waals surface area contributed by atoms with Gasteiger partial charge in [0.15, 0.2) is 5.82 Å². The van der Waals surface area contributed by atoms with Crippen LogP contribution in [0.3, 0.4) is 0 Å². The number of hydrogen-bond acceptors (Lipinski definition) is 5. The van der Waals surface area contributed by atoms with E-state index in [4.69, 9.17) is 11.6 Å². The first kappa shape index (κ1) is 11.7. The number of aromatic nitrogens is 5. The van der Waals surface area contributed by atoms with E-state index in [2.05, 4.69) is 20.3 Å². The van der Waals surface area contributed by atoms with Crippen molar-refractivity contribution < 1.29 is 0 Å². The van der Waals surface area contributed by atoms with Crippen molar-refractivity contribution in [3.8, 4) is 5.82 Å². The van der Waals surface area contributed by atoms with E-state index < -0.39 is 0 Å². The van der Waals surface area contributed by atoms with Crippen LogP contribution in [0, 0.1) is 6.92 Å². The number of para-hydroxylation sites is 1. The van der Waals surface area contributed by atoms with Crippen molar-refractivity contribution in [2.75, 3.05) is 0 Å². The van der Waals surface area contributed by atoms with E-state index in [0.717, 1.165) is 26.1 Å². The highest BCUT2D eigenvalue weighted by Gasteiger charge is 2.14. The molecule has 0 bridgehead atoms. The highest BCUT2D eigenvalue weighted by atomic mass is 35.5. The minimum absolute atomic E-state index is 0.217. The molecule has 0 unspecified atom stereocenters. The van der Waals surface area contributed by atoms with Crippen LogP contribution in [-0.4, -0.2) is 25.0 Å². The van der Waals surface area contributed by atoms with E-state index in [0.29, 0.717) is 5.82 Å². The van der Waals surface area contributed by atoms with Gasteiger partial charge in [-0.25, -0.2) is 4.98 Å². The zero-order valence-electron chi connectivity index (χ0n) is 10.4. The number of benzene rings is 1. The Morgan fingerprint density at radius 2 is 2.05 bits per heavy atom. The molecule has 0 aliphatic carbocycles. The first-order valence-corrected chi connectivity index (χ1v) is 7.16. The molecule has 4 aromatic rings. The van der Waals surface area contributed by atoms with Crippen molar-refractivity contribution >= 4 is 44.2 Å². The topological polar surface area (TPSA) is 56.5 Å². The molecular formula is C13H8ClN5S. The summed E-state index contributed by atoms with van der Waals surface area (Å²) in [4.78, 5) is 10.6. The molecule has 4 rings (SSSR count). The van der Waals surface area contributed by atoms with Crippen molar-refractivity contribution in [3.05, 3.63) is 40.5 Å². The molecule has 20 heavy (non-hydrogen) atoms. The smallest absolute Gasteiger partial charge is 0.207 e. The minimum atomic E-state index is 0.217. The van der Waals surface area contributed by atoms with Crippen LogP contribution in [0.1, 0.15) is 4.88 Å². The Balaban J connectivity index is 2.11. The fourth-order valence-electron chi connectivity index (χ4n) is 2.19. The average Bonchev–Trinajstić information content (AvgIpc) is 3.00. The van der Waals surface area contributed by atoms with E-state index >= 15 is 0 Å². The van der Waals surface area contributed by atoms with E-state index in [9.17, 15) is 0 Å². The first-order chi connectivity index (χ1) is 9.72. The molecule has 0 fully saturated rings. The van der Waals surface area contributed by atoms with Crippen molar-refractivity contribution in [2.45, 2.75) is 6.92 Å². The summed E-state index contributed by atoms with van der Waals surface area (Å²) < 4.78 is 1.71. The van der Waals surface area contributed by atoms with Crippen molar-refractivity contribution in [2.24, 2.45) is 0 Å². The number of thiophene rings is 1. The van der Waals surface area contributed by atoms with Crippen LogP contribution in [0.2, 0.25) is 5.28 Å². The highest BCUT2D eigenvalue weighted by Crippen LogP contribution is 2.29. The lowest BCUT2D eigenvalue weighted by atomic mass is 10.3. The average molecular weight is 302 g/mol. The standard InChI is InChI=1S/C13H8ClN5S/c1-7-6-8-11(15-13(14)16-12(8)20-7)19-10-5-3-2-4-9(10)17-18-19/h2-6H,1H3. The first-order valence-electron chi connectivity index (χ1n) is 5.97. The molecule has 3 aromatic heterocycles. The zero-order valence-corrected chi connectivity index (χ0v) is 12.0. The summed E-state index contributed by atoms with van der Waals surface area (Å²) in [5, 5.41) is 9.49. The maximum absolute atomic E-state index is 6.02. The third-order valence-corrected chi connectivity index (χ3v) is 4.13. The zero-order chi connectivity index (χ0) is 13.7. The maximum Gasteiger partial charge on any atom is 0.225 e. The van der Waals surface area contributed by atoms with Gasteiger partial charge in [-0.3, -0.25) is 0 Å². The lowest BCUT2D eigenvalue weighted by Gasteiger charge is -2.03. The van der Waals surface area contributed by atoms with Crippen LogP contribution in [0.4, 0.5) is 0 Å². The molecule has 0 aliphatic heterocycles. The van der Waals surface area contributed by atoms with E-state index in [1.165, 1.54) is 0 Å². The third kappa shape index (κ3) is 1.69. The number of fused-ring (bicyclic) bond motifs is 2. The summed E-state index contributed by atoms with van der Waals surface area (Å²) in [6.45, 7) is 2.03. The summed E-state index contributed by atoms with van der Waals surface area (Å²) in [5.74, 6) is 0.665. The minimum Gasteiger partial charge on any atom is -0.207 e.